The average Bonchev–Trinajstić information content (AvgIpc) is 3.26. The molecule has 2 aromatic carbocycles. The van der Waals surface area contributed by atoms with Gasteiger partial charge in [0, 0.05) is 28.1 Å². The fraction of sp³-hybridized carbons (Fsp3) is 0.375. The van der Waals surface area contributed by atoms with Gasteiger partial charge < -0.3 is 9.84 Å². The van der Waals surface area contributed by atoms with E-state index >= 15 is 0 Å². The third-order valence-corrected chi connectivity index (χ3v) is 6.39. The number of aryl methyl sites for hydroxylation is 1. The number of hydrogen-bond acceptors (Lipinski definition) is 5. The van der Waals surface area contributed by atoms with Gasteiger partial charge >= 0.3 is 0 Å². The molecular formula is C24H26BrClN4O2. The molecule has 1 atom stereocenters. The van der Waals surface area contributed by atoms with E-state index in [1.165, 1.54) is 5.56 Å². The molecule has 0 bridgehead atoms. The van der Waals surface area contributed by atoms with Crippen LogP contribution in [0.1, 0.15) is 30.7 Å². The summed E-state index contributed by atoms with van der Waals surface area (Å²) in [7, 11) is 0. The Morgan fingerprint density at radius 2 is 2.09 bits per heavy atom. The van der Waals surface area contributed by atoms with E-state index in [0.29, 0.717) is 31.3 Å². The van der Waals surface area contributed by atoms with Crippen molar-refractivity contribution in [2.24, 2.45) is 5.92 Å². The Hall–Kier alpha value is -2.22. The molecule has 0 saturated carbocycles. The minimum atomic E-state index is -0.00764. The number of carbonyl (C=O) groups is 1. The van der Waals surface area contributed by atoms with Crippen molar-refractivity contribution in [2.75, 3.05) is 19.6 Å². The molecule has 0 spiro atoms. The van der Waals surface area contributed by atoms with Crippen LogP contribution in [0.4, 0.5) is 0 Å². The van der Waals surface area contributed by atoms with Crippen LogP contribution in [0, 0.1) is 5.92 Å². The first kappa shape index (κ1) is 23.0. The normalized spacial score (nSPS) is 16.8. The van der Waals surface area contributed by atoms with E-state index in [4.69, 9.17) is 16.1 Å². The summed E-state index contributed by atoms with van der Waals surface area (Å²) in [6.45, 7) is 2.87. The van der Waals surface area contributed by atoms with Crippen molar-refractivity contribution in [1.29, 1.82) is 0 Å². The maximum absolute atomic E-state index is 12.7. The minimum absolute atomic E-state index is 0.00764. The molecule has 3 aromatic rings. The second-order valence-electron chi connectivity index (χ2n) is 8.12. The maximum Gasteiger partial charge on any atom is 0.241 e. The van der Waals surface area contributed by atoms with Gasteiger partial charge in [0.2, 0.25) is 17.6 Å². The fourth-order valence-corrected chi connectivity index (χ4v) is 4.49. The van der Waals surface area contributed by atoms with Gasteiger partial charge in [-0.15, -0.1) is 0 Å². The summed E-state index contributed by atoms with van der Waals surface area (Å²) in [4.78, 5) is 19.4. The van der Waals surface area contributed by atoms with Gasteiger partial charge in [-0.25, -0.2) is 0 Å². The first-order chi connectivity index (χ1) is 15.6. The van der Waals surface area contributed by atoms with Gasteiger partial charge in [0.15, 0.2) is 0 Å². The van der Waals surface area contributed by atoms with E-state index in [0.717, 1.165) is 47.3 Å². The number of aromatic nitrogens is 2. The number of amides is 1. The van der Waals surface area contributed by atoms with Crippen molar-refractivity contribution in [3.8, 4) is 11.4 Å². The van der Waals surface area contributed by atoms with Crippen LogP contribution in [0.25, 0.3) is 11.4 Å². The molecule has 4 rings (SSSR count). The summed E-state index contributed by atoms with van der Waals surface area (Å²) in [5.74, 6) is 1.27. The van der Waals surface area contributed by atoms with E-state index in [9.17, 15) is 4.79 Å². The molecule has 1 aromatic heterocycles. The molecule has 32 heavy (non-hydrogen) atoms. The van der Waals surface area contributed by atoms with Crippen LogP contribution in [0.15, 0.2) is 57.5 Å². The Labute approximate surface area is 201 Å². The van der Waals surface area contributed by atoms with Gasteiger partial charge in [-0.3, -0.25) is 9.69 Å². The molecule has 6 nitrogen and oxygen atoms in total. The number of halogens is 2. The highest BCUT2D eigenvalue weighted by molar-refractivity contribution is 9.10. The Bertz CT molecular complexity index is 1040. The Kier molecular flexibility index (Phi) is 7.95. The fourth-order valence-electron chi connectivity index (χ4n) is 3.97. The lowest BCUT2D eigenvalue weighted by Crippen LogP contribution is -2.43. The van der Waals surface area contributed by atoms with Crippen LogP contribution in [0.2, 0.25) is 5.02 Å². The molecule has 1 N–H and O–H groups in total. The number of carbonyl (C=O) groups excluding carboxylic acids is 1. The summed E-state index contributed by atoms with van der Waals surface area (Å²) in [6, 6.07) is 15.7. The van der Waals surface area contributed by atoms with Crippen LogP contribution in [-0.4, -0.2) is 40.6 Å². The predicted octanol–water partition coefficient (Wildman–Crippen LogP) is 5.11. The van der Waals surface area contributed by atoms with E-state index < -0.39 is 0 Å². The van der Waals surface area contributed by atoms with Crippen molar-refractivity contribution >= 4 is 33.4 Å². The van der Waals surface area contributed by atoms with Gasteiger partial charge in [0.25, 0.3) is 0 Å². The summed E-state index contributed by atoms with van der Waals surface area (Å²) < 4.78 is 6.43. The van der Waals surface area contributed by atoms with E-state index in [2.05, 4.69) is 36.3 Å². The zero-order valence-electron chi connectivity index (χ0n) is 17.8. The topological polar surface area (TPSA) is 71.3 Å². The third kappa shape index (κ3) is 6.40. The molecule has 0 radical (unpaired) electrons. The lowest BCUT2D eigenvalue weighted by molar-refractivity contribution is -0.126. The van der Waals surface area contributed by atoms with E-state index in [1.807, 2.05) is 48.5 Å². The molecule has 1 amide bonds. The highest BCUT2D eigenvalue weighted by atomic mass is 79.9. The SMILES string of the molecule is O=C(NCCCc1ccc(Cl)cc1)C1CCCN(Cc2nc(-c3cccc(Br)c3)no2)C1. The van der Waals surface area contributed by atoms with Gasteiger partial charge in [0.1, 0.15) is 0 Å². The maximum atomic E-state index is 12.7. The van der Waals surface area contributed by atoms with Crippen LogP contribution in [-0.2, 0) is 17.8 Å². The molecule has 1 saturated heterocycles. The van der Waals surface area contributed by atoms with Crippen molar-refractivity contribution in [3.63, 3.8) is 0 Å². The monoisotopic (exact) mass is 516 g/mol. The highest BCUT2D eigenvalue weighted by Gasteiger charge is 2.26. The summed E-state index contributed by atoms with van der Waals surface area (Å²) in [5, 5.41) is 7.95. The molecule has 8 heteroatoms. The number of piperidine rings is 1. The molecular weight excluding hydrogens is 492 g/mol. The summed E-state index contributed by atoms with van der Waals surface area (Å²) in [6.07, 6.45) is 3.72. The molecule has 1 unspecified atom stereocenters. The smallest absolute Gasteiger partial charge is 0.241 e. The molecule has 1 fully saturated rings. The molecule has 1 aliphatic heterocycles. The average molecular weight is 518 g/mol. The standard InChI is InChI=1S/C24H26BrClN4O2/c25-20-7-1-5-18(14-20)23-28-22(32-29-23)16-30-13-3-6-19(15-30)24(31)27-12-2-4-17-8-10-21(26)11-9-17/h1,5,7-11,14,19H,2-4,6,12-13,15-16H2,(H,27,31). The Morgan fingerprint density at radius 3 is 2.91 bits per heavy atom. The van der Waals surface area contributed by atoms with Gasteiger partial charge in [-0.2, -0.15) is 4.98 Å². The first-order valence-corrected chi connectivity index (χ1v) is 12.1. The second kappa shape index (κ2) is 11.1. The number of nitrogens with zero attached hydrogens (tertiary/aromatic N) is 3. The van der Waals surface area contributed by atoms with Crippen molar-refractivity contribution in [1.82, 2.24) is 20.4 Å². The Morgan fingerprint density at radius 1 is 1.25 bits per heavy atom. The number of hydrogen-bond donors (Lipinski definition) is 1. The highest BCUT2D eigenvalue weighted by Crippen LogP contribution is 2.22. The molecule has 2 heterocycles. The van der Waals surface area contributed by atoms with Crippen LogP contribution in [0.5, 0.6) is 0 Å². The van der Waals surface area contributed by atoms with Crippen LogP contribution < -0.4 is 5.32 Å². The second-order valence-corrected chi connectivity index (χ2v) is 9.47. The zero-order chi connectivity index (χ0) is 22.3. The Balaban J connectivity index is 1.23. The quantitative estimate of drug-likeness (QED) is 0.420. The van der Waals surface area contributed by atoms with Crippen molar-refractivity contribution in [3.05, 3.63) is 69.5 Å². The third-order valence-electron chi connectivity index (χ3n) is 5.64. The van der Waals surface area contributed by atoms with Crippen LogP contribution in [0.3, 0.4) is 0 Å². The lowest BCUT2D eigenvalue weighted by atomic mass is 9.97. The first-order valence-electron chi connectivity index (χ1n) is 10.9. The number of nitrogens with one attached hydrogen (secondary N) is 1. The summed E-state index contributed by atoms with van der Waals surface area (Å²) in [5.41, 5.74) is 2.14. The minimum Gasteiger partial charge on any atom is -0.356 e. The van der Waals surface area contributed by atoms with Gasteiger partial charge in [-0.1, -0.05) is 57.0 Å². The largest absolute Gasteiger partial charge is 0.356 e. The predicted molar refractivity (Wildman–Crippen MR) is 128 cm³/mol. The van der Waals surface area contributed by atoms with Gasteiger partial charge in [-0.05, 0) is 62.1 Å². The molecule has 168 valence electrons. The van der Waals surface area contributed by atoms with Gasteiger partial charge in [0.05, 0.1) is 12.5 Å². The number of likely N-dealkylation sites (tertiary alicyclic amines) is 1. The van der Waals surface area contributed by atoms with Crippen LogP contribution >= 0.6 is 27.5 Å². The molecule has 0 aliphatic carbocycles. The lowest BCUT2D eigenvalue weighted by Gasteiger charge is -2.30. The number of benzene rings is 2. The van der Waals surface area contributed by atoms with E-state index in [-0.39, 0.29) is 11.8 Å². The van der Waals surface area contributed by atoms with E-state index in [1.54, 1.807) is 0 Å². The zero-order valence-corrected chi connectivity index (χ0v) is 20.1. The van der Waals surface area contributed by atoms with Crippen molar-refractivity contribution in [2.45, 2.75) is 32.2 Å². The number of rotatable bonds is 8. The molecule has 1 aliphatic rings. The van der Waals surface area contributed by atoms with Crippen molar-refractivity contribution < 1.29 is 9.32 Å². The summed E-state index contributed by atoms with van der Waals surface area (Å²) >= 11 is 9.39.